The van der Waals surface area contributed by atoms with Gasteiger partial charge in [-0.2, -0.15) is 10.2 Å². The summed E-state index contributed by atoms with van der Waals surface area (Å²) in [6.45, 7) is 3.36. The summed E-state index contributed by atoms with van der Waals surface area (Å²) < 4.78 is 34.6. The lowest BCUT2D eigenvalue weighted by Gasteiger charge is -2.27. The van der Waals surface area contributed by atoms with Gasteiger partial charge in [0.2, 0.25) is 0 Å². The Bertz CT molecular complexity index is 1140. The van der Waals surface area contributed by atoms with Crippen molar-refractivity contribution in [1.29, 1.82) is 0 Å². The van der Waals surface area contributed by atoms with Crippen LogP contribution >= 0.6 is 0 Å². The molecule has 8 nitrogen and oxygen atoms in total. The number of morpholine rings is 1. The SMILES string of the molecule is Fc1cccc(-c2nc3cnn(Cc4ccc(N5CCOCC5)nn4)cc-3n2)c1F. The Balaban J connectivity index is 1.36. The fourth-order valence-electron chi connectivity index (χ4n) is 3.31. The monoisotopic (exact) mass is 409 g/mol. The number of imidazole rings is 1. The zero-order chi connectivity index (χ0) is 20.5. The van der Waals surface area contributed by atoms with Gasteiger partial charge in [-0.1, -0.05) is 6.07 Å². The maximum Gasteiger partial charge on any atom is 0.169 e. The molecule has 1 fully saturated rings. The second-order valence-electron chi connectivity index (χ2n) is 6.87. The first kappa shape index (κ1) is 18.5. The molecule has 1 aromatic carbocycles. The van der Waals surface area contributed by atoms with Crippen LogP contribution in [0.1, 0.15) is 5.69 Å². The maximum absolute atomic E-state index is 14.0. The summed E-state index contributed by atoms with van der Waals surface area (Å²) in [5.41, 5.74) is 1.78. The molecule has 3 aliphatic rings. The first-order chi connectivity index (χ1) is 14.7. The third-order valence-corrected chi connectivity index (χ3v) is 4.87. The van der Waals surface area contributed by atoms with Gasteiger partial charge in [-0.3, -0.25) is 4.68 Å². The first-order valence-corrected chi connectivity index (χ1v) is 9.47. The predicted molar refractivity (Wildman–Crippen MR) is 104 cm³/mol. The molecule has 0 unspecified atom stereocenters. The fraction of sp³-hybridized carbons (Fsp3) is 0.250. The van der Waals surface area contributed by atoms with Crippen LogP contribution in [0.25, 0.3) is 22.8 Å². The lowest BCUT2D eigenvalue weighted by atomic mass is 10.2. The molecule has 5 rings (SSSR count). The summed E-state index contributed by atoms with van der Waals surface area (Å²) >= 11 is 0. The lowest BCUT2D eigenvalue weighted by Crippen LogP contribution is -2.36. The molecule has 2 aromatic rings. The predicted octanol–water partition coefficient (Wildman–Crippen LogP) is 2.40. The number of hydrogen-bond acceptors (Lipinski definition) is 7. The number of fused-ring (bicyclic) bond motifs is 1. The molecule has 10 heteroatoms. The molecule has 4 heterocycles. The highest BCUT2D eigenvalue weighted by molar-refractivity contribution is 5.65. The largest absolute Gasteiger partial charge is 0.378 e. The zero-order valence-electron chi connectivity index (χ0n) is 15.9. The van der Waals surface area contributed by atoms with Gasteiger partial charge in [0.1, 0.15) is 11.4 Å². The van der Waals surface area contributed by atoms with Crippen molar-refractivity contribution in [3.63, 3.8) is 0 Å². The minimum Gasteiger partial charge on any atom is -0.378 e. The summed E-state index contributed by atoms with van der Waals surface area (Å²) in [4.78, 5) is 10.7. The average molecular weight is 409 g/mol. The summed E-state index contributed by atoms with van der Waals surface area (Å²) in [6.07, 6.45) is 3.24. The van der Waals surface area contributed by atoms with Crippen LogP contribution in [0.2, 0.25) is 0 Å². The topological polar surface area (TPSA) is 81.9 Å². The van der Waals surface area contributed by atoms with Gasteiger partial charge in [-0.05, 0) is 24.3 Å². The van der Waals surface area contributed by atoms with Crippen LogP contribution in [0.5, 0.6) is 0 Å². The van der Waals surface area contributed by atoms with E-state index in [2.05, 4.69) is 30.2 Å². The number of hydrogen-bond donors (Lipinski definition) is 0. The highest BCUT2D eigenvalue weighted by atomic mass is 19.2. The molecular weight excluding hydrogens is 392 g/mol. The summed E-state index contributed by atoms with van der Waals surface area (Å²) in [6, 6.07) is 7.76. The van der Waals surface area contributed by atoms with Crippen molar-refractivity contribution in [1.82, 2.24) is 29.9 Å². The molecule has 0 amide bonds. The van der Waals surface area contributed by atoms with Gasteiger partial charge < -0.3 is 9.64 Å². The molecule has 152 valence electrons. The second-order valence-corrected chi connectivity index (χ2v) is 6.87. The summed E-state index contributed by atoms with van der Waals surface area (Å²) in [7, 11) is 0. The van der Waals surface area contributed by atoms with E-state index < -0.39 is 11.6 Å². The molecule has 3 aliphatic heterocycles. The van der Waals surface area contributed by atoms with E-state index in [4.69, 9.17) is 4.74 Å². The standard InChI is InChI=1S/C20H17F2N7O/c21-15-3-1-2-14(19(15)22)20-24-16-10-23-29(12-17(16)25-20)11-13-4-5-18(27-26-13)28-6-8-30-9-7-28/h1-5,10,12H,6-9,11H2. The van der Waals surface area contributed by atoms with E-state index in [1.165, 1.54) is 12.1 Å². The number of halogens is 2. The molecule has 0 saturated carbocycles. The normalized spacial score (nSPS) is 14.4. The van der Waals surface area contributed by atoms with E-state index in [-0.39, 0.29) is 11.4 Å². The van der Waals surface area contributed by atoms with Crippen molar-refractivity contribution in [2.45, 2.75) is 6.54 Å². The van der Waals surface area contributed by atoms with Crippen LogP contribution in [-0.2, 0) is 11.3 Å². The molecule has 0 aliphatic carbocycles. The van der Waals surface area contributed by atoms with Gasteiger partial charge in [0.05, 0.1) is 43.4 Å². The summed E-state index contributed by atoms with van der Waals surface area (Å²) in [5, 5.41) is 12.9. The van der Waals surface area contributed by atoms with Gasteiger partial charge >= 0.3 is 0 Å². The molecule has 1 aromatic heterocycles. The minimum atomic E-state index is -0.968. The molecule has 0 bridgehead atoms. The number of benzene rings is 1. The summed E-state index contributed by atoms with van der Waals surface area (Å²) in [5.74, 6) is -0.965. The number of nitrogens with zero attached hydrogens (tertiary/aromatic N) is 7. The van der Waals surface area contributed by atoms with Gasteiger partial charge in [0.15, 0.2) is 23.3 Å². The molecule has 0 spiro atoms. The maximum atomic E-state index is 14.0. The third-order valence-electron chi connectivity index (χ3n) is 4.87. The fourth-order valence-corrected chi connectivity index (χ4v) is 3.31. The Labute approximate surface area is 170 Å². The number of ether oxygens (including phenoxy) is 1. The number of aromatic nitrogens is 6. The van der Waals surface area contributed by atoms with Crippen LogP contribution in [0.3, 0.4) is 0 Å². The Hall–Kier alpha value is -3.53. The number of anilines is 1. The van der Waals surface area contributed by atoms with Gasteiger partial charge in [0.25, 0.3) is 0 Å². The van der Waals surface area contributed by atoms with E-state index in [0.717, 1.165) is 30.7 Å². The molecule has 30 heavy (non-hydrogen) atoms. The molecule has 0 atom stereocenters. The minimum absolute atomic E-state index is 0.0160. The van der Waals surface area contributed by atoms with Crippen molar-refractivity contribution in [2.75, 3.05) is 31.2 Å². The molecule has 0 N–H and O–H groups in total. The van der Waals surface area contributed by atoms with E-state index in [0.29, 0.717) is 31.1 Å². The average Bonchev–Trinajstić information content (AvgIpc) is 3.20. The van der Waals surface area contributed by atoms with Gasteiger partial charge in [-0.25, -0.2) is 18.7 Å². The smallest absolute Gasteiger partial charge is 0.169 e. The van der Waals surface area contributed by atoms with E-state index in [1.54, 1.807) is 17.1 Å². The van der Waals surface area contributed by atoms with Crippen LogP contribution in [0.4, 0.5) is 14.6 Å². The molecular formula is C20H17F2N7O. The van der Waals surface area contributed by atoms with Gasteiger partial charge in [0, 0.05) is 13.1 Å². The Morgan fingerprint density at radius 1 is 0.967 bits per heavy atom. The van der Waals surface area contributed by atoms with Crippen LogP contribution < -0.4 is 4.90 Å². The van der Waals surface area contributed by atoms with Crippen molar-refractivity contribution in [3.8, 4) is 22.8 Å². The highest BCUT2D eigenvalue weighted by Crippen LogP contribution is 2.27. The van der Waals surface area contributed by atoms with Crippen molar-refractivity contribution >= 4 is 5.82 Å². The van der Waals surface area contributed by atoms with Crippen molar-refractivity contribution in [3.05, 3.63) is 60.1 Å². The van der Waals surface area contributed by atoms with E-state index >= 15 is 0 Å². The van der Waals surface area contributed by atoms with E-state index in [9.17, 15) is 8.78 Å². The highest BCUT2D eigenvalue weighted by Gasteiger charge is 2.18. The van der Waals surface area contributed by atoms with Crippen LogP contribution in [0, 0.1) is 11.6 Å². The van der Waals surface area contributed by atoms with Gasteiger partial charge in [-0.15, -0.1) is 5.10 Å². The van der Waals surface area contributed by atoms with Crippen molar-refractivity contribution < 1.29 is 13.5 Å². The lowest BCUT2D eigenvalue weighted by molar-refractivity contribution is 0.122. The van der Waals surface area contributed by atoms with Crippen LogP contribution in [0.15, 0.2) is 42.7 Å². The number of rotatable bonds is 4. The van der Waals surface area contributed by atoms with Crippen molar-refractivity contribution in [2.24, 2.45) is 0 Å². The molecule has 1 saturated heterocycles. The Morgan fingerprint density at radius 2 is 1.80 bits per heavy atom. The third kappa shape index (κ3) is 3.57. The first-order valence-electron chi connectivity index (χ1n) is 9.47. The zero-order valence-corrected chi connectivity index (χ0v) is 15.9. The quantitative estimate of drug-likeness (QED) is 0.512. The molecule has 0 radical (unpaired) electrons. The Morgan fingerprint density at radius 3 is 2.60 bits per heavy atom. The second kappa shape index (κ2) is 7.71. The van der Waals surface area contributed by atoms with E-state index in [1.807, 2.05) is 12.1 Å². The Kier molecular flexibility index (Phi) is 4.75. The van der Waals surface area contributed by atoms with Crippen LogP contribution in [-0.4, -0.2) is 56.2 Å².